The second-order valence-electron chi connectivity index (χ2n) is 3.82. The van der Waals surface area contributed by atoms with Crippen molar-refractivity contribution < 1.29 is 14.3 Å². The van der Waals surface area contributed by atoms with Gasteiger partial charge in [0.25, 0.3) is 5.91 Å². The fourth-order valence-electron chi connectivity index (χ4n) is 1.83. The Morgan fingerprint density at radius 1 is 1.47 bits per heavy atom. The zero-order valence-corrected chi connectivity index (χ0v) is 9.23. The summed E-state index contributed by atoms with van der Waals surface area (Å²) in [5.74, 6) is -0.577. The third-order valence-corrected chi connectivity index (χ3v) is 2.82. The van der Waals surface area contributed by atoms with Gasteiger partial charge in [-0.1, -0.05) is 0 Å². The normalized spacial score (nSPS) is 23.6. The standard InChI is InChI=1S/C10H18N2O3/c1-7(15-2)10(14)12-6-4-3-5-8(12)9(11)13/h7-8H,3-6H2,1-2H3,(H2,11,13). The van der Waals surface area contributed by atoms with Crippen LogP contribution in [0.25, 0.3) is 0 Å². The lowest BCUT2D eigenvalue weighted by molar-refractivity contribution is -0.148. The molecule has 1 aliphatic heterocycles. The minimum Gasteiger partial charge on any atom is -0.372 e. The second kappa shape index (κ2) is 5.11. The number of ether oxygens (including phenoxy) is 1. The van der Waals surface area contributed by atoms with E-state index in [2.05, 4.69) is 0 Å². The number of nitrogens with two attached hydrogens (primary N) is 1. The predicted molar refractivity (Wildman–Crippen MR) is 55.0 cm³/mol. The second-order valence-corrected chi connectivity index (χ2v) is 3.82. The van der Waals surface area contributed by atoms with E-state index in [1.165, 1.54) is 7.11 Å². The number of likely N-dealkylation sites (tertiary alicyclic amines) is 1. The first-order chi connectivity index (χ1) is 7.07. The Morgan fingerprint density at radius 2 is 2.13 bits per heavy atom. The molecule has 0 aromatic carbocycles. The van der Waals surface area contributed by atoms with Crippen LogP contribution >= 0.6 is 0 Å². The van der Waals surface area contributed by atoms with Crippen LogP contribution in [0.3, 0.4) is 0 Å². The van der Waals surface area contributed by atoms with Gasteiger partial charge < -0.3 is 15.4 Å². The molecule has 0 spiro atoms. The van der Waals surface area contributed by atoms with Crippen LogP contribution in [0.5, 0.6) is 0 Å². The smallest absolute Gasteiger partial charge is 0.252 e. The van der Waals surface area contributed by atoms with Crippen molar-refractivity contribution >= 4 is 11.8 Å². The fourth-order valence-corrected chi connectivity index (χ4v) is 1.83. The molecule has 15 heavy (non-hydrogen) atoms. The highest BCUT2D eigenvalue weighted by Crippen LogP contribution is 2.18. The first kappa shape index (κ1) is 12.0. The van der Waals surface area contributed by atoms with Crippen LogP contribution < -0.4 is 5.73 Å². The Hall–Kier alpha value is -1.10. The van der Waals surface area contributed by atoms with E-state index in [0.717, 1.165) is 12.8 Å². The molecular weight excluding hydrogens is 196 g/mol. The summed E-state index contributed by atoms with van der Waals surface area (Å²) in [5.41, 5.74) is 5.26. The lowest BCUT2D eigenvalue weighted by Gasteiger charge is -2.34. The van der Waals surface area contributed by atoms with Crippen LogP contribution in [0.1, 0.15) is 26.2 Å². The number of nitrogens with zero attached hydrogens (tertiary/aromatic N) is 1. The molecule has 1 saturated heterocycles. The number of piperidine rings is 1. The zero-order valence-electron chi connectivity index (χ0n) is 9.23. The maximum Gasteiger partial charge on any atom is 0.252 e. The van der Waals surface area contributed by atoms with Crippen molar-refractivity contribution in [2.45, 2.75) is 38.3 Å². The SMILES string of the molecule is COC(C)C(=O)N1CCCCC1C(N)=O. The summed E-state index contributed by atoms with van der Waals surface area (Å²) in [6.45, 7) is 2.27. The van der Waals surface area contributed by atoms with Gasteiger partial charge in [0, 0.05) is 13.7 Å². The van der Waals surface area contributed by atoms with Crippen LogP contribution in [0.15, 0.2) is 0 Å². The molecule has 1 aliphatic rings. The van der Waals surface area contributed by atoms with Crippen molar-refractivity contribution in [1.82, 2.24) is 4.90 Å². The molecule has 0 radical (unpaired) electrons. The summed E-state index contributed by atoms with van der Waals surface area (Å²) in [7, 11) is 1.48. The van der Waals surface area contributed by atoms with Crippen LogP contribution in [0, 0.1) is 0 Å². The number of hydrogen-bond acceptors (Lipinski definition) is 3. The van der Waals surface area contributed by atoms with Crippen molar-refractivity contribution in [3.05, 3.63) is 0 Å². The van der Waals surface area contributed by atoms with E-state index in [4.69, 9.17) is 10.5 Å². The Bertz CT molecular complexity index is 255. The van der Waals surface area contributed by atoms with E-state index >= 15 is 0 Å². The molecule has 0 saturated carbocycles. The van der Waals surface area contributed by atoms with Gasteiger partial charge in [0.2, 0.25) is 5.91 Å². The van der Waals surface area contributed by atoms with Crippen molar-refractivity contribution in [2.75, 3.05) is 13.7 Å². The summed E-state index contributed by atoms with van der Waals surface area (Å²) >= 11 is 0. The molecule has 0 aliphatic carbocycles. The molecule has 0 aromatic rings. The van der Waals surface area contributed by atoms with Crippen molar-refractivity contribution in [1.29, 1.82) is 0 Å². The van der Waals surface area contributed by atoms with E-state index in [9.17, 15) is 9.59 Å². The van der Waals surface area contributed by atoms with Gasteiger partial charge in [-0.3, -0.25) is 9.59 Å². The number of hydrogen-bond donors (Lipinski definition) is 1. The molecule has 2 atom stereocenters. The van der Waals surface area contributed by atoms with E-state index < -0.39 is 18.1 Å². The number of rotatable bonds is 3. The van der Waals surface area contributed by atoms with E-state index in [-0.39, 0.29) is 5.91 Å². The molecule has 0 aromatic heterocycles. The zero-order chi connectivity index (χ0) is 11.4. The van der Waals surface area contributed by atoms with E-state index in [1.54, 1.807) is 11.8 Å². The monoisotopic (exact) mass is 214 g/mol. The first-order valence-corrected chi connectivity index (χ1v) is 5.20. The Kier molecular flexibility index (Phi) is 4.08. The molecule has 2 N–H and O–H groups in total. The topological polar surface area (TPSA) is 72.6 Å². The molecule has 1 fully saturated rings. The van der Waals surface area contributed by atoms with Crippen LogP contribution in [-0.2, 0) is 14.3 Å². The first-order valence-electron chi connectivity index (χ1n) is 5.20. The van der Waals surface area contributed by atoms with E-state index in [1.807, 2.05) is 0 Å². The van der Waals surface area contributed by atoms with Gasteiger partial charge >= 0.3 is 0 Å². The average Bonchev–Trinajstić information content (AvgIpc) is 2.27. The number of carbonyl (C=O) groups excluding carboxylic acids is 2. The molecule has 5 heteroatoms. The number of primary amides is 1. The predicted octanol–water partition coefficient (Wildman–Crippen LogP) is -0.112. The quantitative estimate of drug-likeness (QED) is 0.712. The largest absolute Gasteiger partial charge is 0.372 e. The molecular formula is C10H18N2O3. The third-order valence-electron chi connectivity index (χ3n) is 2.82. The molecule has 2 amide bonds. The van der Waals surface area contributed by atoms with Gasteiger partial charge in [0.15, 0.2) is 0 Å². The van der Waals surface area contributed by atoms with Gasteiger partial charge in [-0.2, -0.15) is 0 Å². The fraction of sp³-hybridized carbons (Fsp3) is 0.800. The maximum absolute atomic E-state index is 11.8. The van der Waals surface area contributed by atoms with Crippen molar-refractivity contribution in [3.8, 4) is 0 Å². The summed E-state index contributed by atoms with van der Waals surface area (Å²) in [4.78, 5) is 24.5. The Labute approximate surface area is 89.6 Å². The molecule has 5 nitrogen and oxygen atoms in total. The van der Waals surface area contributed by atoms with Crippen molar-refractivity contribution in [2.24, 2.45) is 5.73 Å². The number of carbonyl (C=O) groups is 2. The van der Waals surface area contributed by atoms with Crippen molar-refractivity contribution in [3.63, 3.8) is 0 Å². The van der Waals surface area contributed by atoms with Gasteiger partial charge in [0.05, 0.1) is 0 Å². The summed E-state index contributed by atoms with van der Waals surface area (Å²) in [6.07, 6.45) is 2.02. The van der Waals surface area contributed by atoms with Crippen LogP contribution in [-0.4, -0.2) is 42.5 Å². The average molecular weight is 214 g/mol. The minimum atomic E-state index is -0.509. The van der Waals surface area contributed by atoms with Gasteiger partial charge in [-0.05, 0) is 26.2 Å². The van der Waals surface area contributed by atoms with Gasteiger partial charge in [0.1, 0.15) is 12.1 Å². The molecule has 2 unspecified atom stereocenters. The lowest BCUT2D eigenvalue weighted by atomic mass is 10.0. The van der Waals surface area contributed by atoms with Crippen LogP contribution in [0.4, 0.5) is 0 Å². The van der Waals surface area contributed by atoms with Crippen LogP contribution in [0.2, 0.25) is 0 Å². The number of amides is 2. The van der Waals surface area contributed by atoms with Gasteiger partial charge in [-0.15, -0.1) is 0 Å². The number of methoxy groups -OCH3 is 1. The minimum absolute atomic E-state index is 0.152. The molecule has 86 valence electrons. The maximum atomic E-state index is 11.8. The summed E-state index contributed by atoms with van der Waals surface area (Å²) < 4.78 is 4.95. The Morgan fingerprint density at radius 3 is 2.67 bits per heavy atom. The summed E-state index contributed by atoms with van der Waals surface area (Å²) in [5, 5.41) is 0. The molecule has 0 bridgehead atoms. The third kappa shape index (κ3) is 2.68. The highest BCUT2D eigenvalue weighted by Gasteiger charge is 2.32. The highest BCUT2D eigenvalue weighted by molar-refractivity contribution is 5.88. The van der Waals surface area contributed by atoms with E-state index in [0.29, 0.717) is 13.0 Å². The van der Waals surface area contributed by atoms with Gasteiger partial charge in [-0.25, -0.2) is 0 Å². The lowest BCUT2D eigenvalue weighted by Crippen LogP contribution is -2.53. The summed E-state index contributed by atoms with van der Waals surface area (Å²) in [6, 6.07) is -0.455. The Balaban J connectivity index is 2.71. The molecule has 1 rings (SSSR count). The highest BCUT2D eigenvalue weighted by atomic mass is 16.5. The molecule has 1 heterocycles.